The monoisotopic (exact) mass is 696 g/mol. The highest BCUT2D eigenvalue weighted by molar-refractivity contribution is 4.88. The van der Waals surface area contributed by atoms with E-state index < -0.39 is 0 Å². The Morgan fingerprint density at radius 1 is 0.837 bits per heavy atom. The summed E-state index contributed by atoms with van der Waals surface area (Å²) in [6.07, 6.45) is 22.7. The molecule has 5 unspecified atom stereocenters. The largest absolute Gasteiger partial charge is 0.396 e. The Kier molecular flexibility index (Phi) is 41.7. The summed E-state index contributed by atoms with van der Waals surface area (Å²) in [4.78, 5) is 5.09. The van der Waals surface area contributed by atoms with Gasteiger partial charge in [0.25, 0.3) is 0 Å². The lowest BCUT2D eigenvalue weighted by atomic mass is 9.77. The molecule has 2 rings (SSSR count). The summed E-state index contributed by atoms with van der Waals surface area (Å²) in [5, 5.41) is 11.6. The van der Waals surface area contributed by atoms with Crippen molar-refractivity contribution in [3.05, 3.63) is 25.3 Å². The molecular weight excluding hydrogens is 599 g/mol. The van der Waals surface area contributed by atoms with E-state index >= 15 is 0 Å². The molecule has 2 saturated carbocycles. The summed E-state index contributed by atoms with van der Waals surface area (Å²) in [7, 11) is 8.75. The number of nitrogens with one attached hydrogen (secondary N) is 1. The quantitative estimate of drug-likeness (QED) is 0.132. The lowest BCUT2D eigenvalue weighted by Crippen LogP contribution is -2.42. The highest BCUT2D eigenvalue weighted by Crippen LogP contribution is 2.34. The lowest BCUT2D eigenvalue weighted by molar-refractivity contribution is 0.0941. The van der Waals surface area contributed by atoms with Gasteiger partial charge in [0.15, 0.2) is 0 Å². The van der Waals surface area contributed by atoms with Crippen molar-refractivity contribution in [1.29, 1.82) is 0 Å². The van der Waals surface area contributed by atoms with Gasteiger partial charge in [-0.2, -0.15) is 0 Å². The minimum atomic E-state index is 0. The van der Waals surface area contributed by atoms with Gasteiger partial charge in [-0.25, -0.2) is 0 Å². The normalized spacial score (nSPS) is 21.0. The van der Waals surface area contributed by atoms with Crippen LogP contribution < -0.4 is 5.32 Å². The van der Waals surface area contributed by atoms with Crippen LogP contribution in [0.3, 0.4) is 0 Å². The first-order chi connectivity index (χ1) is 22.8. The van der Waals surface area contributed by atoms with Crippen molar-refractivity contribution in [3.8, 4) is 0 Å². The van der Waals surface area contributed by atoms with Gasteiger partial charge in [0.2, 0.25) is 0 Å². The third kappa shape index (κ3) is 30.6. The highest BCUT2D eigenvalue weighted by atomic mass is 16.2. The fourth-order valence-electron chi connectivity index (χ4n) is 7.42. The Morgan fingerprint density at radius 3 is 1.71 bits per heavy atom. The molecule has 0 saturated heterocycles. The summed E-state index contributed by atoms with van der Waals surface area (Å²) in [5.74, 6) is 5.85. The molecule has 0 radical (unpaired) electrons. The predicted octanol–water partition coefficient (Wildman–Crippen LogP) is 12.4. The molecule has 4 heteroatoms. The van der Waals surface area contributed by atoms with Crippen molar-refractivity contribution in [1.82, 2.24) is 15.1 Å². The minimum absolute atomic E-state index is 0. The summed E-state index contributed by atoms with van der Waals surface area (Å²) >= 11 is 0. The maximum atomic E-state index is 8.46. The van der Waals surface area contributed by atoms with Gasteiger partial charge in [0.05, 0.1) is 0 Å². The third-order valence-electron chi connectivity index (χ3n) is 10.5. The van der Waals surface area contributed by atoms with Gasteiger partial charge in [0, 0.05) is 25.2 Å². The molecular formula is C45H97N3O. The van der Waals surface area contributed by atoms with Gasteiger partial charge in [-0.3, -0.25) is 0 Å². The van der Waals surface area contributed by atoms with Gasteiger partial charge in [-0.05, 0) is 134 Å². The van der Waals surface area contributed by atoms with Gasteiger partial charge < -0.3 is 20.2 Å². The van der Waals surface area contributed by atoms with Crippen LogP contribution in [-0.2, 0) is 0 Å². The summed E-state index contributed by atoms with van der Waals surface area (Å²) in [6, 6.07) is 1.70. The smallest absolute Gasteiger partial charge is 0.0431 e. The van der Waals surface area contributed by atoms with Crippen LogP contribution in [-0.4, -0.2) is 74.9 Å². The van der Waals surface area contributed by atoms with Gasteiger partial charge in [-0.15, -0.1) is 13.2 Å². The minimum Gasteiger partial charge on any atom is -0.396 e. The number of aliphatic hydroxyl groups is 1. The summed E-state index contributed by atoms with van der Waals surface area (Å²) in [5.41, 5.74) is 0. The Bertz CT molecular complexity index is 660. The van der Waals surface area contributed by atoms with E-state index in [4.69, 9.17) is 5.11 Å². The number of hydrogen-bond acceptors (Lipinski definition) is 4. The molecule has 4 nitrogen and oxygen atoms in total. The fraction of sp³-hybridized carbons (Fsp3) is 0.911. The van der Waals surface area contributed by atoms with Gasteiger partial charge in [0.1, 0.15) is 0 Å². The first kappa shape index (κ1) is 55.1. The first-order valence-electron chi connectivity index (χ1n) is 20.7. The van der Waals surface area contributed by atoms with Gasteiger partial charge >= 0.3 is 0 Å². The molecule has 2 aliphatic rings. The Morgan fingerprint density at radius 2 is 1.37 bits per heavy atom. The van der Waals surface area contributed by atoms with E-state index in [1.54, 1.807) is 0 Å². The second-order valence-corrected chi connectivity index (χ2v) is 15.8. The summed E-state index contributed by atoms with van der Waals surface area (Å²) < 4.78 is 0. The molecule has 0 aromatic carbocycles. The van der Waals surface area contributed by atoms with E-state index in [0.717, 1.165) is 61.1 Å². The van der Waals surface area contributed by atoms with Crippen LogP contribution in [0.25, 0.3) is 0 Å². The van der Waals surface area contributed by atoms with Crippen LogP contribution in [0.4, 0.5) is 0 Å². The fourth-order valence-corrected chi connectivity index (χ4v) is 7.42. The van der Waals surface area contributed by atoms with Gasteiger partial charge in [-0.1, -0.05) is 121 Å². The van der Waals surface area contributed by atoms with Crippen LogP contribution in [0.5, 0.6) is 0 Å². The number of nitrogens with zero attached hydrogens (tertiary/aromatic N) is 2. The molecule has 6 atom stereocenters. The van der Waals surface area contributed by atoms with Crippen LogP contribution in [0.2, 0.25) is 0 Å². The molecule has 2 fully saturated rings. The average Bonchev–Trinajstić information content (AvgIpc) is 3.03. The third-order valence-corrected chi connectivity index (χ3v) is 10.5. The van der Waals surface area contributed by atoms with Crippen molar-refractivity contribution >= 4 is 0 Å². The van der Waals surface area contributed by atoms with Crippen molar-refractivity contribution in [2.75, 3.05) is 47.9 Å². The molecule has 0 aromatic rings. The molecule has 0 aromatic heterocycles. The van der Waals surface area contributed by atoms with Crippen molar-refractivity contribution in [3.63, 3.8) is 0 Å². The van der Waals surface area contributed by atoms with Crippen molar-refractivity contribution < 1.29 is 5.11 Å². The van der Waals surface area contributed by atoms with E-state index in [1.165, 1.54) is 83.6 Å². The highest BCUT2D eigenvalue weighted by Gasteiger charge is 2.30. The number of aliphatic hydroxyl groups excluding tert-OH is 1. The summed E-state index contributed by atoms with van der Waals surface area (Å²) in [6.45, 7) is 32.3. The number of allylic oxidation sites excluding steroid dienone is 2. The number of rotatable bonds is 19. The second-order valence-electron chi connectivity index (χ2n) is 15.8. The molecule has 2 N–H and O–H groups in total. The van der Waals surface area contributed by atoms with Crippen molar-refractivity contribution in [2.45, 2.75) is 179 Å². The SMILES string of the molecule is C.C=CC(C)C=C.CC.CC1CC(C)CC(N(C)C)C1.CCCC(CC)C[C@@H](C)CN(C)C(CCC)C1CCC1.CNCC(C)CCCO. The standard InChI is InChI=1S/C19H39N.C10H21N.C7H17NO.C6H10.C2H6.CH4/c1-6-10-17(8-3)14-16(4)15-20(5)19(11-7-2)18-12-9-13-18;1-8-5-9(2)7-10(6-8)11(3)4;1-7(6-8-2)4-3-5-9;1-4-6(3)5-2;1-2;/h16-19H,6-15H2,1-5H3;8-10H,5-7H2,1-4H3;7-9H,3-6H2,1-2H3;4-6H,1-2H2,3H3;1-2H3;1H4/t16-,17?,19?;;;;;/m1...../s1. The molecule has 0 amide bonds. The predicted molar refractivity (Wildman–Crippen MR) is 228 cm³/mol. The van der Waals surface area contributed by atoms with E-state index in [9.17, 15) is 0 Å². The molecule has 0 heterocycles. The zero-order valence-electron chi connectivity index (χ0n) is 35.6. The second kappa shape index (κ2) is 37.1. The molecule has 2 aliphatic carbocycles. The van der Waals surface area contributed by atoms with Crippen LogP contribution in [0, 0.1) is 41.4 Å². The first-order valence-corrected chi connectivity index (χ1v) is 20.7. The van der Waals surface area contributed by atoms with E-state index in [1.807, 2.05) is 40.0 Å². The average molecular weight is 696 g/mol. The van der Waals surface area contributed by atoms with Crippen LogP contribution in [0.1, 0.15) is 167 Å². The molecule has 298 valence electrons. The number of hydrogen-bond donors (Lipinski definition) is 2. The lowest BCUT2D eigenvalue weighted by Gasteiger charge is -2.40. The maximum Gasteiger partial charge on any atom is 0.0431 e. The molecule has 0 aliphatic heterocycles. The zero-order valence-corrected chi connectivity index (χ0v) is 35.6. The van der Waals surface area contributed by atoms with Crippen LogP contribution in [0.15, 0.2) is 25.3 Å². The molecule has 0 spiro atoms. The van der Waals surface area contributed by atoms with E-state index in [0.29, 0.717) is 18.4 Å². The zero-order chi connectivity index (χ0) is 37.5. The van der Waals surface area contributed by atoms with E-state index in [2.05, 4.69) is 97.9 Å². The topological polar surface area (TPSA) is 38.7 Å². The maximum absolute atomic E-state index is 8.46. The van der Waals surface area contributed by atoms with E-state index in [-0.39, 0.29) is 7.43 Å². The Labute approximate surface area is 312 Å². The molecule has 49 heavy (non-hydrogen) atoms. The van der Waals surface area contributed by atoms with Crippen molar-refractivity contribution in [2.24, 2.45) is 41.4 Å². The Hall–Kier alpha value is -0.680. The molecule has 0 bridgehead atoms. The Balaban J connectivity index is -0.000000296. The van der Waals surface area contributed by atoms with Crippen LogP contribution >= 0.6 is 0 Å².